The molecule has 0 saturated heterocycles. The van der Waals surface area contributed by atoms with Crippen molar-refractivity contribution in [3.8, 4) is 0 Å². The lowest BCUT2D eigenvalue weighted by molar-refractivity contribution is 0.483. The summed E-state index contributed by atoms with van der Waals surface area (Å²) < 4.78 is 30.5. The number of benzene rings is 1. The molecule has 1 rings (SSSR count). The van der Waals surface area contributed by atoms with Gasteiger partial charge in [-0.15, -0.1) is 0 Å². The number of nitrogens with two attached hydrogens (primary N) is 1. The quantitative estimate of drug-likeness (QED) is 0.431. The highest BCUT2D eigenvalue weighted by Gasteiger charge is 2.13. The van der Waals surface area contributed by atoms with Crippen LogP contribution >= 0.6 is 0 Å². The van der Waals surface area contributed by atoms with E-state index in [9.17, 15) is 8.42 Å². The van der Waals surface area contributed by atoms with Gasteiger partial charge in [-0.25, -0.2) is 0 Å². The van der Waals surface area contributed by atoms with Gasteiger partial charge in [0.25, 0.3) is 10.1 Å². The van der Waals surface area contributed by atoms with E-state index in [1.807, 2.05) is 0 Å². The van der Waals surface area contributed by atoms with E-state index >= 15 is 0 Å². The summed E-state index contributed by atoms with van der Waals surface area (Å²) in [5.41, 5.74) is 6.26. The zero-order valence-corrected chi connectivity index (χ0v) is 9.03. The molecule has 0 aliphatic rings. The van der Waals surface area contributed by atoms with Gasteiger partial charge in [0, 0.05) is 6.54 Å². The molecule has 0 spiro atoms. The summed E-state index contributed by atoms with van der Waals surface area (Å²) in [6, 6.07) is 4.26. The second-order valence-corrected chi connectivity index (χ2v) is 4.65. The Balaban J connectivity index is 3.09. The SMILES string of the molecule is [B]N(C)Cc1ccc(S(=O)(=O)O)c(N)c1. The van der Waals surface area contributed by atoms with E-state index in [0.717, 1.165) is 5.56 Å². The minimum absolute atomic E-state index is 0.0110. The van der Waals surface area contributed by atoms with E-state index in [0.29, 0.717) is 6.54 Å². The Morgan fingerprint density at radius 3 is 2.53 bits per heavy atom. The van der Waals surface area contributed by atoms with Crippen molar-refractivity contribution in [3.05, 3.63) is 23.8 Å². The summed E-state index contributed by atoms with van der Waals surface area (Å²) in [6.07, 6.45) is 0. The molecule has 1 aromatic carbocycles. The van der Waals surface area contributed by atoms with Gasteiger partial charge < -0.3 is 10.5 Å². The predicted octanol–water partition coefficient (Wildman–Crippen LogP) is 0.0308. The van der Waals surface area contributed by atoms with Crippen LogP contribution in [0.1, 0.15) is 5.56 Å². The first-order chi connectivity index (χ1) is 6.80. The van der Waals surface area contributed by atoms with Crippen molar-refractivity contribution in [1.82, 2.24) is 4.81 Å². The molecule has 0 aliphatic heterocycles. The van der Waals surface area contributed by atoms with Gasteiger partial charge >= 0.3 is 0 Å². The molecule has 0 unspecified atom stereocenters. The van der Waals surface area contributed by atoms with Crippen molar-refractivity contribution in [3.63, 3.8) is 0 Å². The Kier molecular flexibility index (Phi) is 3.38. The summed E-state index contributed by atoms with van der Waals surface area (Å²) >= 11 is 0. The molecule has 80 valence electrons. The normalized spacial score (nSPS) is 11.9. The molecule has 2 radical (unpaired) electrons. The first-order valence-corrected chi connectivity index (χ1v) is 5.56. The predicted molar refractivity (Wildman–Crippen MR) is 57.9 cm³/mol. The first-order valence-electron chi connectivity index (χ1n) is 4.12. The van der Waals surface area contributed by atoms with Crippen molar-refractivity contribution in [2.24, 2.45) is 0 Å². The van der Waals surface area contributed by atoms with Gasteiger partial charge in [0.1, 0.15) is 4.90 Å². The standard InChI is InChI=1S/C8H11BN2O3S/c1-11(9)5-6-2-3-8(7(10)4-6)15(12,13)14/h2-4H,5,10H2,1H3,(H,12,13,14). The number of hydrogen-bond donors (Lipinski definition) is 2. The average Bonchev–Trinajstić information content (AvgIpc) is 1.99. The maximum atomic E-state index is 10.8. The Morgan fingerprint density at radius 2 is 2.13 bits per heavy atom. The topological polar surface area (TPSA) is 83.6 Å². The lowest BCUT2D eigenvalue weighted by Gasteiger charge is -2.11. The van der Waals surface area contributed by atoms with E-state index in [4.69, 9.17) is 18.3 Å². The van der Waals surface area contributed by atoms with Crippen LogP contribution in [0.15, 0.2) is 23.1 Å². The molecule has 0 atom stereocenters. The first kappa shape index (κ1) is 12.0. The second-order valence-electron chi connectivity index (χ2n) is 3.26. The van der Waals surface area contributed by atoms with Crippen LogP contribution in [0.4, 0.5) is 5.69 Å². The Bertz CT molecular complexity index is 459. The minimum atomic E-state index is -4.25. The third-order valence-electron chi connectivity index (χ3n) is 1.78. The largest absolute Gasteiger partial charge is 0.398 e. The smallest absolute Gasteiger partial charge is 0.296 e. The molecule has 7 heteroatoms. The molecule has 0 saturated carbocycles. The average molecular weight is 226 g/mol. The summed E-state index contributed by atoms with van der Waals surface area (Å²) in [7, 11) is 2.85. The number of nitrogens with zero attached hydrogens (tertiary/aromatic N) is 1. The number of rotatable bonds is 3. The monoisotopic (exact) mass is 226 g/mol. The van der Waals surface area contributed by atoms with Crippen molar-refractivity contribution in [1.29, 1.82) is 0 Å². The minimum Gasteiger partial charge on any atom is -0.398 e. The van der Waals surface area contributed by atoms with Crippen molar-refractivity contribution >= 4 is 23.8 Å². The maximum absolute atomic E-state index is 10.8. The van der Waals surface area contributed by atoms with Crippen LogP contribution in [-0.2, 0) is 16.7 Å². The molecule has 0 fully saturated rings. The number of hydrogen-bond acceptors (Lipinski definition) is 4. The number of anilines is 1. The van der Waals surface area contributed by atoms with Gasteiger partial charge in [-0.2, -0.15) is 8.42 Å². The molecule has 3 N–H and O–H groups in total. The van der Waals surface area contributed by atoms with E-state index in [1.54, 1.807) is 13.1 Å². The van der Waals surface area contributed by atoms with Gasteiger partial charge in [-0.3, -0.25) is 4.55 Å². The molecule has 15 heavy (non-hydrogen) atoms. The molecule has 0 aliphatic carbocycles. The van der Waals surface area contributed by atoms with E-state index in [1.165, 1.54) is 16.9 Å². The van der Waals surface area contributed by atoms with Crippen molar-refractivity contribution < 1.29 is 13.0 Å². The van der Waals surface area contributed by atoms with Crippen LogP contribution in [0.2, 0.25) is 0 Å². The molecule has 0 amide bonds. The molecular weight excluding hydrogens is 215 g/mol. The fraction of sp³-hybridized carbons (Fsp3) is 0.250. The fourth-order valence-electron chi connectivity index (χ4n) is 1.22. The lowest BCUT2D eigenvalue weighted by atomic mass is 10.1. The Morgan fingerprint density at radius 1 is 1.53 bits per heavy atom. The summed E-state index contributed by atoms with van der Waals surface area (Å²) in [5.74, 6) is 0. The fourth-order valence-corrected chi connectivity index (χ4v) is 1.82. The third-order valence-corrected chi connectivity index (χ3v) is 2.71. The zero-order valence-electron chi connectivity index (χ0n) is 8.21. The maximum Gasteiger partial charge on any atom is 0.296 e. The third kappa shape index (κ3) is 3.23. The highest BCUT2D eigenvalue weighted by Crippen LogP contribution is 2.19. The van der Waals surface area contributed by atoms with Crippen LogP contribution in [0.25, 0.3) is 0 Å². The highest BCUT2D eigenvalue weighted by atomic mass is 32.2. The summed E-state index contributed by atoms with van der Waals surface area (Å²) in [5, 5.41) is 0. The molecule has 5 nitrogen and oxygen atoms in total. The molecule has 1 aromatic rings. The Hall–Kier alpha value is -1.05. The van der Waals surface area contributed by atoms with Crippen molar-refractivity contribution in [2.45, 2.75) is 11.4 Å². The van der Waals surface area contributed by atoms with Crippen molar-refractivity contribution in [2.75, 3.05) is 12.8 Å². The zero-order chi connectivity index (χ0) is 11.6. The molecule has 0 aromatic heterocycles. The van der Waals surface area contributed by atoms with E-state index < -0.39 is 10.1 Å². The van der Waals surface area contributed by atoms with Gasteiger partial charge in [-0.1, -0.05) is 6.07 Å². The Labute approximate surface area is 90.1 Å². The van der Waals surface area contributed by atoms with Crippen LogP contribution in [0.3, 0.4) is 0 Å². The van der Waals surface area contributed by atoms with Crippen LogP contribution in [0, 0.1) is 0 Å². The van der Waals surface area contributed by atoms with Crippen LogP contribution < -0.4 is 5.73 Å². The molecular formula is C8H11BN2O3S. The van der Waals surface area contributed by atoms with Gasteiger partial charge in [0.2, 0.25) is 0 Å². The molecule has 0 bridgehead atoms. The van der Waals surface area contributed by atoms with E-state index in [-0.39, 0.29) is 10.6 Å². The lowest BCUT2D eigenvalue weighted by Crippen LogP contribution is -2.13. The van der Waals surface area contributed by atoms with Crippen LogP contribution in [-0.4, -0.2) is 32.8 Å². The highest BCUT2D eigenvalue weighted by molar-refractivity contribution is 7.86. The second kappa shape index (κ2) is 4.22. The molecule has 0 heterocycles. The van der Waals surface area contributed by atoms with Crippen LogP contribution in [0.5, 0.6) is 0 Å². The van der Waals surface area contributed by atoms with Gasteiger partial charge in [-0.05, 0) is 24.7 Å². The van der Waals surface area contributed by atoms with Gasteiger partial charge in [0.15, 0.2) is 7.98 Å². The summed E-state index contributed by atoms with van der Waals surface area (Å²) in [4.78, 5) is 1.15. The number of nitrogen functional groups attached to an aromatic ring is 1. The van der Waals surface area contributed by atoms with E-state index in [2.05, 4.69) is 0 Å². The summed E-state index contributed by atoms with van der Waals surface area (Å²) in [6.45, 7) is 0.440. The van der Waals surface area contributed by atoms with Gasteiger partial charge in [0.05, 0.1) is 5.69 Å².